The second kappa shape index (κ2) is 4.64. The van der Waals surface area contributed by atoms with Crippen LogP contribution in [0, 0.1) is 12.7 Å². The Morgan fingerprint density at radius 3 is 2.47 bits per heavy atom. The van der Waals surface area contributed by atoms with E-state index in [0.717, 1.165) is 6.07 Å². The minimum Gasteiger partial charge on any atom is -0.456 e. The predicted molar refractivity (Wildman–Crippen MR) is 68.4 cm³/mol. The van der Waals surface area contributed by atoms with Gasteiger partial charge in [0.1, 0.15) is 11.4 Å². The summed E-state index contributed by atoms with van der Waals surface area (Å²) in [5.41, 5.74) is 5.91. The number of carbonyl (C=O) groups excluding carboxylic acids is 1. The van der Waals surface area contributed by atoms with E-state index in [4.69, 9.17) is 10.5 Å². The number of esters is 1. The predicted octanol–water partition coefficient (Wildman–Crippen LogP) is 3.43. The second-order valence-corrected chi connectivity index (χ2v) is 5.55. The topological polar surface area (TPSA) is 52.3 Å². The van der Waals surface area contributed by atoms with Crippen LogP contribution < -0.4 is 5.73 Å². The van der Waals surface area contributed by atoms with Gasteiger partial charge in [-0.1, -0.05) is 0 Å². The summed E-state index contributed by atoms with van der Waals surface area (Å²) >= 11 is 3.07. The van der Waals surface area contributed by atoms with Crippen LogP contribution in [0.4, 0.5) is 10.1 Å². The lowest BCUT2D eigenvalue weighted by atomic mass is 10.1. The van der Waals surface area contributed by atoms with Gasteiger partial charge in [0.2, 0.25) is 0 Å². The van der Waals surface area contributed by atoms with E-state index < -0.39 is 17.4 Å². The summed E-state index contributed by atoms with van der Waals surface area (Å²) in [5, 5.41) is 0. The van der Waals surface area contributed by atoms with Crippen molar-refractivity contribution < 1.29 is 13.9 Å². The second-order valence-electron chi connectivity index (χ2n) is 4.76. The van der Waals surface area contributed by atoms with Crippen LogP contribution in [-0.2, 0) is 4.74 Å². The SMILES string of the molecule is Cc1c(N)c(C(=O)OC(C)(C)C)cc(F)c1Br. The first-order valence-electron chi connectivity index (χ1n) is 5.11. The molecule has 17 heavy (non-hydrogen) atoms. The standard InChI is InChI=1S/C12H15BrFNO2/c1-6-9(13)8(14)5-7(10(6)15)11(16)17-12(2,3)4/h5H,15H2,1-4H3. The van der Waals surface area contributed by atoms with Gasteiger partial charge in [-0.05, 0) is 55.3 Å². The quantitative estimate of drug-likeness (QED) is 0.639. The van der Waals surface area contributed by atoms with Gasteiger partial charge in [0.15, 0.2) is 0 Å². The molecule has 1 aromatic carbocycles. The number of nitrogens with two attached hydrogens (primary N) is 1. The maximum atomic E-state index is 13.5. The summed E-state index contributed by atoms with van der Waals surface area (Å²) in [4.78, 5) is 11.8. The van der Waals surface area contributed by atoms with E-state index in [1.54, 1.807) is 27.7 Å². The third-order valence-electron chi connectivity index (χ3n) is 2.12. The van der Waals surface area contributed by atoms with Crippen molar-refractivity contribution in [1.29, 1.82) is 0 Å². The molecule has 0 atom stereocenters. The van der Waals surface area contributed by atoms with Gasteiger partial charge in [-0.3, -0.25) is 0 Å². The Bertz CT molecular complexity index is 467. The average Bonchev–Trinajstić information content (AvgIpc) is 2.17. The lowest BCUT2D eigenvalue weighted by Crippen LogP contribution is -2.24. The number of rotatable bonds is 1. The maximum absolute atomic E-state index is 13.5. The number of halogens is 2. The van der Waals surface area contributed by atoms with Crippen molar-refractivity contribution in [3.05, 3.63) is 27.5 Å². The molecule has 0 unspecified atom stereocenters. The first-order valence-corrected chi connectivity index (χ1v) is 5.90. The van der Waals surface area contributed by atoms with Crippen molar-refractivity contribution in [2.75, 3.05) is 5.73 Å². The highest BCUT2D eigenvalue weighted by atomic mass is 79.9. The molecule has 0 amide bonds. The van der Waals surface area contributed by atoms with Gasteiger partial charge in [-0.15, -0.1) is 0 Å². The molecule has 0 saturated carbocycles. The number of nitrogen functional groups attached to an aromatic ring is 1. The monoisotopic (exact) mass is 303 g/mol. The minimum absolute atomic E-state index is 0.0538. The average molecular weight is 304 g/mol. The Kier molecular flexibility index (Phi) is 3.81. The molecule has 5 heteroatoms. The van der Waals surface area contributed by atoms with Crippen molar-refractivity contribution >= 4 is 27.6 Å². The molecule has 1 rings (SSSR count). The molecule has 0 aliphatic carbocycles. The van der Waals surface area contributed by atoms with E-state index in [1.165, 1.54) is 0 Å². The zero-order valence-corrected chi connectivity index (χ0v) is 11.8. The molecule has 0 fully saturated rings. The molecule has 0 spiro atoms. The summed E-state index contributed by atoms with van der Waals surface area (Å²) in [6.07, 6.45) is 0. The zero-order chi connectivity index (χ0) is 13.4. The molecule has 0 bridgehead atoms. The van der Waals surface area contributed by atoms with E-state index in [0.29, 0.717) is 5.56 Å². The number of anilines is 1. The summed E-state index contributed by atoms with van der Waals surface area (Å²) in [6, 6.07) is 1.08. The van der Waals surface area contributed by atoms with Crippen LogP contribution in [0.5, 0.6) is 0 Å². The lowest BCUT2D eigenvalue weighted by Gasteiger charge is -2.20. The van der Waals surface area contributed by atoms with E-state index in [9.17, 15) is 9.18 Å². The van der Waals surface area contributed by atoms with Crippen molar-refractivity contribution in [2.24, 2.45) is 0 Å². The summed E-state index contributed by atoms with van der Waals surface area (Å²) in [6.45, 7) is 6.85. The molecule has 0 radical (unpaired) electrons. The molecular formula is C12H15BrFNO2. The van der Waals surface area contributed by atoms with Crippen LogP contribution in [0.25, 0.3) is 0 Å². The van der Waals surface area contributed by atoms with Gasteiger partial charge in [0.25, 0.3) is 0 Å². The molecule has 0 aliphatic heterocycles. The largest absolute Gasteiger partial charge is 0.456 e. The number of ether oxygens (including phenoxy) is 1. The van der Waals surface area contributed by atoms with Crippen LogP contribution in [0.1, 0.15) is 36.7 Å². The van der Waals surface area contributed by atoms with Crippen LogP contribution >= 0.6 is 15.9 Å². The molecule has 1 aromatic rings. The van der Waals surface area contributed by atoms with Crippen LogP contribution in [0.2, 0.25) is 0 Å². The van der Waals surface area contributed by atoms with Gasteiger partial charge >= 0.3 is 5.97 Å². The van der Waals surface area contributed by atoms with Crippen LogP contribution in [0.15, 0.2) is 10.5 Å². The first kappa shape index (κ1) is 14.0. The molecule has 94 valence electrons. The highest BCUT2D eigenvalue weighted by Gasteiger charge is 2.22. The Labute approximate surface area is 108 Å². The first-order chi connectivity index (χ1) is 7.63. The van der Waals surface area contributed by atoms with Gasteiger partial charge < -0.3 is 10.5 Å². The van der Waals surface area contributed by atoms with E-state index in [1.807, 2.05) is 0 Å². The number of hydrogen-bond donors (Lipinski definition) is 1. The fourth-order valence-electron chi connectivity index (χ4n) is 1.27. The number of hydrogen-bond acceptors (Lipinski definition) is 3. The van der Waals surface area contributed by atoms with Crippen molar-refractivity contribution in [2.45, 2.75) is 33.3 Å². The molecular weight excluding hydrogens is 289 g/mol. The van der Waals surface area contributed by atoms with Crippen molar-refractivity contribution in [1.82, 2.24) is 0 Å². The summed E-state index contributed by atoms with van der Waals surface area (Å²) in [7, 11) is 0. The van der Waals surface area contributed by atoms with Crippen molar-refractivity contribution in [3.63, 3.8) is 0 Å². The summed E-state index contributed by atoms with van der Waals surface area (Å²) in [5.74, 6) is -1.15. The zero-order valence-electron chi connectivity index (χ0n) is 10.2. The lowest BCUT2D eigenvalue weighted by molar-refractivity contribution is 0.00702. The Morgan fingerprint density at radius 2 is 2.00 bits per heavy atom. The maximum Gasteiger partial charge on any atom is 0.340 e. The van der Waals surface area contributed by atoms with Gasteiger partial charge in [0.05, 0.1) is 15.7 Å². The normalized spacial score (nSPS) is 11.4. The Hall–Kier alpha value is -1.10. The molecule has 0 saturated heterocycles. The Balaban J connectivity index is 3.20. The highest BCUT2D eigenvalue weighted by Crippen LogP contribution is 2.29. The fourth-order valence-corrected chi connectivity index (χ4v) is 1.60. The molecule has 2 N–H and O–H groups in total. The molecule has 0 aromatic heterocycles. The summed E-state index contributed by atoms with van der Waals surface area (Å²) < 4.78 is 18.9. The Morgan fingerprint density at radius 1 is 1.47 bits per heavy atom. The van der Waals surface area contributed by atoms with E-state index >= 15 is 0 Å². The van der Waals surface area contributed by atoms with Gasteiger partial charge in [0, 0.05) is 0 Å². The van der Waals surface area contributed by atoms with Crippen molar-refractivity contribution in [3.8, 4) is 0 Å². The number of benzene rings is 1. The van der Waals surface area contributed by atoms with Gasteiger partial charge in [-0.2, -0.15) is 0 Å². The molecule has 0 heterocycles. The van der Waals surface area contributed by atoms with Crippen LogP contribution in [0.3, 0.4) is 0 Å². The third kappa shape index (κ3) is 3.19. The van der Waals surface area contributed by atoms with Gasteiger partial charge in [-0.25, -0.2) is 9.18 Å². The third-order valence-corrected chi connectivity index (χ3v) is 3.10. The van der Waals surface area contributed by atoms with E-state index in [2.05, 4.69) is 15.9 Å². The van der Waals surface area contributed by atoms with E-state index in [-0.39, 0.29) is 15.7 Å². The number of carbonyl (C=O) groups is 1. The highest BCUT2D eigenvalue weighted by molar-refractivity contribution is 9.10. The molecule has 3 nitrogen and oxygen atoms in total. The molecule has 0 aliphatic rings. The van der Waals surface area contributed by atoms with Crippen LogP contribution in [-0.4, -0.2) is 11.6 Å². The minimum atomic E-state index is -0.638. The smallest absolute Gasteiger partial charge is 0.340 e. The fraction of sp³-hybridized carbons (Fsp3) is 0.417.